The molecular formula is C23H33N3O4. The minimum absolute atomic E-state index is 0.00522. The van der Waals surface area contributed by atoms with Gasteiger partial charge in [-0.1, -0.05) is 24.6 Å². The first-order valence-electron chi connectivity index (χ1n) is 10.9. The van der Waals surface area contributed by atoms with Crippen molar-refractivity contribution >= 4 is 17.7 Å². The Morgan fingerprint density at radius 1 is 1.03 bits per heavy atom. The van der Waals surface area contributed by atoms with E-state index in [0.717, 1.165) is 19.3 Å². The lowest BCUT2D eigenvalue weighted by Crippen LogP contribution is -2.55. The fourth-order valence-electron chi connectivity index (χ4n) is 4.24. The summed E-state index contributed by atoms with van der Waals surface area (Å²) >= 11 is 0. The van der Waals surface area contributed by atoms with E-state index >= 15 is 0 Å². The van der Waals surface area contributed by atoms with Crippen molar-refractivity contribution in [1.29, 1.82) is 0 Å². The van der Waals surface area contributed by atoms with E-state index in [4.69, 9.17) is 4.74 Å². The van der Waals surface area contributed by atoms with E-state index in [1.165, 1.54) is 0 Å². The topological polar surface area (TPSA) is 87.7 Å². The predicted molar refractivity (Wildman–Crippen MR) is 114 cm³/mol. The molecule has 2 saturated heterocycles. The molecule has 0 aliphatic carbocycles. The molecule has 2 aliphatic heterocycles. The fourth-order valence-corrected chi connectivity index (χ4v) is 4.24. The van der Waals surface area contributed by atoms with Gasteiger partial charge in [-0.3, -0.25) is 14.4 Å². The highest BCUT2D eigenvalue weighted by atomic mass is 16.5. The maximum Gasteiger partial charge on any atom is 0.253 e. The van der Waals surface area contributed by atoms with Gasteiger partial charge in [-0.05, 0) is 51.7 Å². The van der Waals surface area contributed by atoms with Crippen LogP contribution in [0.3, 0.4) is 0 Å². The van der Waals surface area contributed by atoms with Gasteiger partial charge in [0, 0.05) is 31.3 Å². The van der Waals surface area contributed by atoms with E-state index in [1.54, 1.807) is 6.92 Å². The second kappa shape index (κ2) is 10.1. The quantitative estimate of drug-likeness (QED) is 0.736. The number of benzene rings is 1. The summed E-state index contributed by atoms with van der Waals surface area (Å²) < 4.78 is 5.67. The molecule has 30 heavy (non-hydrogen) atoms. The minimum Gasteiger partial charge on any atom is -0.379 e. The summed E-state index contributed by atoms with van der Waals surface area (Å²) in [6.45, 7) is 5.76. The molecule has 164 valence electrons. The lowest BCUT2D eigenvalue weighted by atomic mass is 9.73. The molecule has 1 aromatic rings. The molecule has 1 aromatic carbocycles. The normalized spacial score (nSPS) is 26.0. The molecule has 2 fully saturated rings. The maximum absolute atomic E-state index is 13.3. The van der Waals surface area contributed by atoms with Gasteiger partial charge in [-0.25, -0.2) is 0 Å². The van der Waals surface area contributed by atoms with Crippen molar-refractivity contribution in [2.24, 2.45) is 5.41 Å². The average Bonchev–Trinajstić information content (AvgIpc) is 2.76. The second-order valence-electron chi connectivity index (χ2n) is 8.58. The highest BCUT2D eigenvalue weighted by Crippen LogP contribution is 2.37. The van der Waals surface area contributed by atoms with Crippen molar-refractivity contribution in [3.63, 3.8) is 0 Å². The number of rotatable bonds is 1. The molecule has 1 spiro atoms. The first-order chi connectivity index (χ1) is 14.4. The summed E-state index contributed by atoms with van der Waals surface area (Å²) in [4.78, 5) is 40.3. The van der Waals surface area contributed by atoms with Crippen LogP contribution >= 0.6 is 0 Å². The third-order valence-corrected chi connectivity index (χ3v) is 6.20. The number of amides is 3. The predicted octanol–water partition coefficient (Wildman–Crippen LogP) is 2.12. The van der Waals surface area contributed by atoms with Crippen LogP contribution in [0.1, 0.15) is 56.3 Å². The first-order valence-corrected chi connectivity index (χ1v) is 10.9. The van der Waals surface area contributed by atoms with E-state index in [0.29, 0.717) is 44.7 Å². The van der Waals surface area contributed by atoms with E-state index < -0.39 is 11.5 Å². The summed E-state index contributed by atoms with van der Waals surface area (Å²) in [5, 5.41) is 5.82. The van der Waals surface area contributed by atoms with Gasteiger partial charge in [0.05, 0.1) is 12.0 Å². The molecule has 7 heteroatoms. The van der Waals surface area contributed by atoms with Gasteiger partial charge >= 0.3 is 0 Å². The van der Waals surface area contributed by atoms with Crippen molar-refractivity contribution < 1.29 is 19.1 Å². The van der Waals surface area contributed by atoms with Gasteiger partial charge in [0.15, 0.2) is 0 Å². The van der Waals surface area contributed by atoms with Crippen LogP contribution in [0.4, 0.5) is 0 Å². The van der Waals surface area contributed by atoms with Crippen LogP contribution in [0.25, 0.3) is 0 Å². The Kier molecular flexibility index (Phi) is 7.48. The molecule has 0 unspecified atom stereocenters. The smallest absolute Gasteiger partial charge is 0.253 e. The van der Waals surface area contributed by atoms with Crippen molar-refractivity contribution in [3.8, 4) is 0 Å². The molecule has 2 N–H and O–H groups in total. The van der Waals surface area contributed by atoms with Crippen LogP contribution in [-0.4, -0.2) is 61.0 Å². The second-order valence-corrected chi connectivity index (χ2v) is 8.58. The van der Waals surface area contributed by atoms with E-state index in [1.807, 2.05) is 42.2 Å². The van der Waals surface area contributed by atoms with Crippen molar-refractivity contribution in [2.45, 2.75) is 58.0 Å². The van der Waals surface area contributed by atoms with Crippen molar-refractivity contribution in [3.05, 3.63) is 35.9 Å². The third kappa shape index (κ3) is 5.39. The molecule has 0 saturated carbocycles. The van der Waals surface area contributed by atoms with E-state index in [-0.39, 0.29) is 23.8 Å². The number of piperidine rings is 1. The zero-order valence-corrected chi connectivity index (χ0v) is 18.0. The van der Waals surface area contributed by atoms with Gasteiger partial charge in [-0.2, -0.15) is 0 Å². The zero-order valence-electron chi connectivity index (χ0n) is 18.0. The highest BCUT2D eigenvalue weighted by molar-refractivity contribution is 5.94. The van der Waals surface area contributed by atoms with Crippen molar-refractivity contribution in [2.75, 3.05) is 26.3 Å². The van der Waals surface area contributed by atoms with Crippen molar-refractivity contribution in [1.82, 2.24) is 15.5 Å². The largest absolute Gasteiger partial charge is 0.379 e. The van der Waals surface area contributed by atoms with Gasteiger partial charge in [-0.15, -0.1) is 0 Å². The van der Waals surface area contributed by atoms with Gasteiger partial charge in [0.25, 0.3) is 5.91 Å². The maximum atomic E-state index is 13.3. The van der Waals surface area contributed by atoms with Crippen LogP contribution in [0.15, 0.2) is 30.3 Å². The number of hydrogen-bond acceptors (Lipinski definition) is 4. The molecule has 3 amide bonds. The molecular weight excluding hydrogens is 382 g/mol. The minimum atomic E-state index is -0.610. The van der Waals surface area contributed by atoms with Crippen LogP contribution in [0, 0.1) is 5.41 Å². The van der Waals surface area contributed by atoms with Gasteiger partial charge in [0.2, 0.25) is 11.8 Å². The van der Waals surface area contributed by atoms with E-state index in [9.17, 15) is 14.4 Å². The van der Waals surface area contributed by atoms with E-state index in [2.05, 4.69) is 10.6 Å². The SMILES string of the molecule is C[C@@H]1NC(=O)C2(CCCCOC[C@H](C)NC1=O)CCN(C(=O)c1ccccc1)CC2. The Labute approximate surface area is 178 Å². The number of nitrogens with one attached hydrogen (secondary N) is 2. The fraction of sp³-hybridized carbons (Fsp3) is 0.609. The number of likely N-dealkylation sites (tertiary alicyclic amines) is 1. The average molecular weight is 416 g/mol. The molecule has 7 nitrogen and oxygen atoms in total. The Hall–Kier alpha value is -2.41. The molecule has 2 heterocycles. The Morgan fingerprint density at radius 2 is 1.73 bits per heavy atom. The number of ether oxygens (including phenoxy) is 1. The monoisotopic (exact) mass is 415 g/mol. The lowest BCUT2D eigenvalue weighted by molar-refractivity contribution is -0.137. The Morgan fingerprint density at radius 3 is 2.43 bits per heavy atom. The number of carbonyl (C=O) groups excluding carboxylic acids is 3. The Bertz CT molecular complexity index is 744. The summed E-state index contributed by atoms with van der Waals surface area (Å²) in [5.41, 5.74) is 0.117. The first kappa shape index (κ1) is 22.3. The number of hydrogen-bond donors (Lipinski definition) is 2. The molecule has 0 aromatic heterocycles. The van der Waals surface area contributed by atoms with Crippen LogP contribution in [0.2, 0.25) is 0 Å². The molecule has 2 atom stereocenters. The van der Waals surface area contributed by atoms with Crippen LogP contribution in [0.5, 0.6) is 0 Å². The highest BCUT2D eigenvalue weighted by Gasteiger charge is 2.42. The summed E-state index contributed by atoms with van der Waals surface area (Å²) in [6, 6.07) is 8.54. The summed E-state index contributed by atoms with van der Waals surface area (Å²) in [5.74, 6) is -0.277. The van der Waals surface area contributed by atoms with Gasteiger partial charge < -0.3 is 20.3 Å². The van der Waals surface area contributed by atoms with Crippen LogP contribution in [-0.2, 0) is 14.3 Å². The Balaban J connectivity index is 1.69. The number of carbonyl (C=O) groups is 3. The summed E-state index contributed by atoms with van der Waals surface area (Å²) in [7, 11) is 0. The summed E-state index contributed by atoms with van der Waals surface area (Å²) in [6.07, 6.45) is 3.69. The molecule has 3 rings (SSSR count). The number of nitrogens with zero attached hydrogens (tertiary/aromatic N) is 1. The molecule has 0 radical (unpaired) electrons. The third-order valence-electron chi connectivity index (χ3n) is 6.20. The molecule has 2 aliphatic rings. The van der Waals surface area contributed by atoms with Gasteiger partial charge in [0.1, 0.15) is 6.04 Å². The zero-order chi connectivity index (χ0) is 21.6. The lowest BCUT2D eigenvalue weighted by Gasteiger charge is -2.41. The van der Waals surface area contributed by atoms with Crippen LogP contribution < -0.4 is 10.6 Å². The standard InChI is InChI=1S/C23H33N3O4/c1-17-16-30-15-7-6-10-23(22(29)25-18(2)20(27)24-17)11-13-26(14-12-23)21(28)19-8-4-3-5-9-19/h3-5,8-9,17-18H,6-7,10-16H2,1-2H3,(H,24,27)(H,25,29)/t17-,18-/m0/s1. The molecule has 0 bridgehead atoms.